The summed E-state index contributed by atoms with van der Waals surface area (Å²) in [5.41, 5.74) is 0. The van der Waals surface area contributed by atoms with Gasteiger partial charge in [0.05, 0.1) is 0 Å². The van der Waals surface area contributed by atoms with Gasteiger partial charge in [-0.25, -0.2) is 8.42 Å². The van der Waals surface area contributed by atoms with E-state index in [1.54, 1.807) is 4.31 Å². The molecule has 0 spiro atoms. The van der Waals surface area contributed by atoms with E-state index >= 15 is 0 Å². The van der Waals surface area contributed by atoms with Crippen LogP contribution in [-0.4, -0.2) is 30.9 Å². The van der Waals surface area contributed by atoms with Crippen LogP contribution >= 0.6 is 15.9 Å². The van der Waals surface area contributed by atoms with E-state index in [1.807, 2.05) is 0 Å². The second-order valence-corrected chi connectivity index (χ2v) is 8.34. The summed E-state index contributed by atoms with van der Waals surface area (Å²) >= 11 is 3.14. The number of halogens is 1. The van der Waals surface area contributed by atoms with Gasteiger partial charge in [-0.2, -0.15) is 4.31 Å². The minimum absolute atomic E-state index is 0.128. The zero-order chi connectivity index (χ0) is 14.3. The number of furan rings is 1. The number of nitrogens with zero attached hydrogens (tertiary/aromatic N) is 1. The first-order chi connectivity index (χ1) is 9.50. The lowest BCUT2D eigenvalue weighted by molar-refractivity contribution is 0.245. The van der Waals surface area contributed by atoms with Gasteiger partial charge >= 0.3 is 0 Å². The molecule has 0 amide bonds. The lowest BCUT2D eigenvalue weighted by Crippen LogP contribution is -2.34. The molecule has 1 heterocycles. The zero-order valence-electron chi connectivity index (χ0n) is 11.1. The maximum atomic E-state index is 12.8. The van der Waals surface area contributed by atoms with Gasteiger partial charge in [-0.1, -0.05) is 0 Å². The van der Waals surface area contributed by atoms with Crippen LogP contribution in [0.2, 0.25) is 0 Å². The van der Waals surface area contributed by atoms with Crippen LogP contribution in [0.15, 0.2) is 20.0 Å². The predicted molar refractivity (Wildman–Crippen MR) is 76.5 cm³/mol. The standard InChI is InChI=1S/C13H18BrNO4S/c14-13-12(5-11(8-16)19-13)20(17,18)15(6-9-1-2-9)7-10-3-4-10/h5,9-10,16H,1-4,6-8H2. The van der Waals surface area contributed by atoms with Crippen LogP contribution in [0.5, 0.6) is 0 Å². The summed E-state index contributed by atoms with van der Waals surface area (Å²) in [6.07, 6.45) is 4.46. The number of rotatable bonds is 7. The highest BCUT2D eigenvalue weighted by molar-refractivity contribution is 9.10. The van der Waals surface area contributed by atoms with E-state index in [-0.39, 0.29) is 21.9 Å². The highest BCUT2D eigenvalue weighted by Gasteiger charge is 2.37. The van der Waals surface area contributed by atoms with E-state index in [0.717, 1.165) is 25.7 Å². The minimum atomic E-state index is -3.55. The van der Waals surface area contributed by atoms with Crippen molar-refractivity contribution in [3.63, 3.8) is 0 Å². The van der Waals surface area contributed by atoms with Gasteiger partial charge in [-0.05, 0) is 53.4 Å². The molecule has 0 bridgehead atoms. The molecule has 1 aromatic rings. The molecule has 112 valence electrons. The van der Waals surface area contributed by atoms with Gasteiger partial charge in [-0.15, -0.1) is 0 Å². The predicted octanol–water partition coefficient (Wildman–Crippen LogP) is 2.35. The molecule has 2 fully saturated rings. The fraction of sp³-hybridized carbons (Fsp3) is 0.692. The largest absolute Gasteiger partial charge is 0.450 e. The second kappa shape index (κ2) is 5.44. The first kappa shape index (κ1) is 14.6. The van der Waals surface area contributed by atoms with E-state index in [4.69, 9.17) is 9.52 Å². The average molecular weight is 364 g/mol. The average Bonchev–Trinajstić information content (AvgIpc) is 3.30. The normalized spacial score (nSPS) is 19.8. The molecular weight excluding hydrogens is 346 g/mol. The summed E-state index contributed by atoms with van der Waals surface area (Å²) < 4.78 is 32.5. The van der Waals surface area contributed by atoms with Crippen molar-refractivity contribution in [3.05, 3.63) is 16.5 Å². The third kappa shape index (κ3) is 3.10. The molecule has 7 heteroatoms. The van der Waals surface area contributed by atoms with Gasteiger partial charge in [-0.3, -0.25) is 0 Å². The Morgan fingerprint density at radius 3 is 2.20 bits per heavy atom. The molecule has 0 aromatic carbocycles. The molecule has 3 rings (SSSR count). The molecule has 2 aliphatic carbocycles. The molecule has 0 saturated heterocycles. The first-order valence-corrected chi connectivity index (χ1v) is 9.13. The van der Waals surface area contributed by atoms with E-state index < -0.39 is 10.0 Å². The second-order valence-electron chi connectivity index (χ2n) is 5.72. The van der Waals surface area contributed by atoms with E-state index in [1.165, 1.54) is 6.07 Å². The lowest BCUT2D eigenvalue weighted by atomic mass is 10.4. The number of hydrogen-bond donors (Lipinski definition) is 1. The Kier molecular flexibility index (Phi) is 3.96. The van der Waals surface area contributed by atoms with Crippen molar-refractivity contribution in [2.45, 2.75) is 37.2 Å². The fourth-order valence-corrected chi connectivity index (χ4v) is 4.79. The summed E-state index contributed by atoms with van der Waals surface area (Å²) in [6, 6.07) is 1.41. The number of hydrogen-bond acceptors (Lipinski definition) is 4. The maximum Gasteiger partial charge on any atom is 0.247 e. The van der Waals surface area contributed by atoms with Crippen molar-refractivity contribution in [1.82, 2.24) is 4.31 Å². The summed E-state index contributed by atoms with van der Waals surface area (Å²) in [5, 5.41) is 9.07. The molecule has 2 saturated carbocycles. The van der Waals surface area contributed by atoms with Crippen molar-refractivity contribution in [2.24, 2.45) is 11.8 Å². The van der Waals surface area contributed by atoms with Crippen molar-refractivity contribution < 1.29 is 17.9 Å². The van der Waals surface area contributed by atoms with Crippen LogP contribution < -0.4 is 0 Å². The molecule has 0 radical (unpaired) electrons. The Balaban J connectivity index is 1.86. The van der Waals surface area contributed by atoms with Crippen molar-refractivity contribution >= 4 is 26.0 Å². The van der Waals surface area contributed by atoms with Gasteiger partial charge in [0.1, 0.15) is 17.3 Å². The SMILES string of the molecule is O=S(=O)(c1cc(CO)oc1Br)N(CC1CC1)CC1CC1. The Morgan fingerprint density at radius 1 is 1.25 bits per heavy atom. The lowest BCUT2D eigenvalue weighted by Gasteiger charge is -2.21. The van der Waals surface area contributed by atoms with Crippen LogP contribution in [-0.2, 0) is 16.6 Å². The molecule has 1 N–H and O–H groups in total. The molecule has 20 heavy (non-hydrogen) atoms. The van der Waals surface area contributed by atoms with Crippen LogP contribution in [0.4, 0.5) is 0 Å². The van der Waals surface area contributed by atoms with E-state index in [2.05, 4.69) is 15.9 Å². The molecule has 5 nitrogen and oxygen atoms in total. The van der Waals surface area contributed by atoms with Crippen LogP contribution in [0.1, 0.15) is 31.4 Å². The van der Waals surface area contributed by atoms with Crippen LogP contribution in [0, 0.1) is 11.8 Å². The van der Waals surface area contributed by atoms with E-state index in [0.29, 0.717) is 24.9 Å². The highest BCUT2D eigenvalue weighted by Crippen LogP contribution is 2.37. The smallest absolute Gasteiger partial charge is 0.247 e. The molecule has 0 atom stereocenters. The van der Waals surface area contributed by atoms with Crippen molar-refractivity contribution in [2.75, 3.05) is 13.1 Å². The number of aliphatic hydroxyl groups excluding tert-OH is 1. The molecule has 0 unspecified atom stereocenters. The molecular formula is C13H18BrNO4S. The zero-order valence-corrected chi connectivity index (χ0v) is 13.5. The quantitative estimate of drug-likeness (QED) is 0.806. The Labute approximate surface area is 127 Å². The van der Waals surface area contributed by atoms with Crippen molar-refractivity contribution in [3.8, 4) is 0 Å². The summed E-state index contributed by atoms with van der Waals surface area (Å²) in [6.45, 7) is 0.898. The molecule has 1 aromatic heterocycles. The Morgan fingerprint density at radius 2 is 1.80 bits per heavy atom. The number of sulfonamides is 1. The van der Waals surface area contributed by atoms with Gasteiger partial charge in [0.2, 0.25) is 10.0 Å². The van der Waals surface area contributed by atoms with Crippen LogP contribution in [0.25, 0.3) is 0 Å². The summed E-state index contributed by atoms with van der Waals surface area (Å²) in [4.78, 5) is 0.128. The maximum absolute atomic E-state index is 12.8. The Bertz CT molecular complexity index is 576. The van der Waals surface area contributed by atoms with Crippen molar-refractivity contribution in [1.29, 1.82) is 0 Å². The monoisotopic (exact) mass is 363 g/mol. The van der Waals surface area contributed by atoms with Gasteiger partial charge < -0.3 is 9.52 Å². The first-order valence-electron chi connectivity index (χ1n) is 6.90. The molecule has 0 aliphatic heterocycles. The minimum Gasteiger partial charge on any atom is -0.450 e. The topological polar surface area (TPSA) is 70.8 Å². The highest BCUT2D eigenvalue weighted by atomic mass is 79.9. The van der Waals surface area contributed by atoms with Gasteiger partial charge in [0.15, 0.2) is 4.67 Å². The number of aliphatic hydroxyl groups is 1. The summed E-state index contributed by atoms with van der Waals surface area (Å²) in [5.74, 6) is 1.27. The Hall–Kier alpha value is -0.370. The van der Waals surface area contributed by atoms with Crippen LogP contribution in [0.3, 0.4) is 0 Å². The van der Waals surface area contributed by atoms with Gasteiger partial charge in [0.25, 0.3) is 0 Å². The third-order valence-corrected chi connectivity index (χ3v) is 6.49. The van der Waals surface area contributed by atoms with E-state index in [9.17, 15) is 8.42 Å². The fourth-order valence-electron chi connectivity index (χ4n) is 2.24. The molecule has 2 aliphatic rings. The van der Waals surface area contributed by atoms with Gasteiger partial charge in [0, 0.05) is 19.2 Å². The third-order valence-electron chi connectivity index (χ3n) is 3.80. The summed E-state index contributed by atoms with van der Waals surface area (Å²) in [7, 11) is -3.55.